The molecule has 0 radical (unpaired) electrons. The maximum absolute atomic E-state index is 12.3. The fourth-order valence-corrected chi connectivity index (χ4v) is 5.91. The highest BCUT2D eigenvalue weighted by atomic mass is 31.2. The van der Waals surface area contributed by atoms with Crippen molar-refractivity contribution in [1.82, 2.24) is 0 Å². The topological polar surface area (TPSA) is 119 Å². The Morgan fingerprint density at radius 3 is 1.16 bits per heavy atom. The van der Waals surface area contributed by atoms with Gasteiger partial charge in [0, 0.05) is 12.8 Å². The predicted octanol–water partition coefficient (Wildman–Crippen LogP) is 10.9. The average molecular weight is 663 g/mol. The second kappa shape index (κ2) is 33.0. The largest absolute Gasteiger partial charge is 0.469 e. The molecular weight excluding hydrogens is 591 g/mol. The molecule has 0 aromatic heterocycles. The van der Waals surface area contributed by atoms with Gasteiger partial charge in [-0.2, -0.15) is 0 Å². The quantitative estimate of drug-likeness (QED) is 0.0391. The summed E-state index contributed by atoms with van der Waals surface area (Å²) in [4.78, 5) is 42.2. The number of hydrogen-bond donors (Lipinski definition) is 2. The van der Waals surface area contributed by atoms with Gasteiger partial charge in [-0.05, 0) is 12.8 Å². The zero-order chi connectivity index (χ0) is 33.3. The number of esters is 2. The molecule has 0 saturated heterocycles. The Labute approximate surface area is 276 Å². The number of ether oxygens (including phenoxy) is 2. The van der Waals surface area contributed by atoms with Crippen LogP contribution in [-0.2, 0) is 28.2 Å². The minimum Gasteiger partial charge on any atom is -0.462 e. The molecule has 0 aliphatic carbocycles. The van der Waals surface area contributed by atoms with Gasteiger partial charge >= 0.3 is 19.8 Å². The molecule has 0 heterocycles. The molecular formula is C36H71O8P. The molecule has 9 heteroatoms. The van der Waals surface area contributed by atoms with Gasteiger partial charge < -0.3 is 19.3 Å². The van der Waals surface area contributed by atoms with Gasteiger partial charge in [0.25, 0.3) is 0 Å². The van der Waals surface area contributed by atoms with E-state index in [1.165, 1.54) is 128 Å². The van der Waals surface area contributed by atoms with Gasteiger partial charge in [-0.15, -0.1) is 0 Å². The van der Waals surface area contributed by atoms with Gasteiger partial charge in [-0.3, -0.25) is 14.1 Å². The van der Waals surface area contributed by atoms with E-state index in [2.05, 4.69) is 18.4 Å². The van der Waals surface area contributed by atoms with E-state index in [1.54, 1.807) is 0 Å². The molecule has 0 rings (SSSR count). The van der Waals surface area contributed by atoms with Crippen LogP contribution in [0.25, 0.3) is 0 Å². The summed E-state index contributed by atoms with van der Waals surface area (Å²) in [5, 5.41) is 0. The average Bonchev–Trinajstić information content (AvgIpc) is 3.00. The molecule has 8 nitrogen and oxygen atoms in total. The number of phosphoric acid groups is 1. The van der Waals surface area contributed by atoms with Gasteiger partial charge in [0.1, 0.15) is 6.61 Å². The van der Waals surface area contributed by atoms with E-state index >= 15 is 0 Å². The highest BCUT2D eigenvalue weighted by Crippen LogP contribution is 2.36. The molecule has 0 amide bonds. The molecule has 2 N–H and O–H groups in total. The third-order valence-corrected chi connectivity index (χ3v) is 8.86. The Kier molecular flexibility index (Phi) is 32.3. The Balaban J connectivity index is 3.66. The Morgan fingerprint density at radius 2 is 0.800 bits per heavy atom. The standard InChI is InChI=1S/C36H71O8P/c1-3-5-7-9-10-11-12-13-14-15-16-17-18-19-20-21-22-23-24-25-26-27-29-31-36(38)44-34(33-43-45(39,40)41)32-42-35(37)30-28-8-6-4-2/h34H,3-33H2,1-2H3,(H2,39,40,41). The molecule has 1 unspecified atom stereocenters. The van der Waals surface area contributed by atoms with Crippen molar-refractivity contribution in [2.24, 2.45) is 0 Å². The normalized spacial score (nSPS) is 12.4. The second-order valence-corrected chi connectivity index (χ2v) is 14.2. The maximum Gasteiger partial charge on any atom is 0.469 e. The highest BCUT2D eigenvalue weighted by molar-refractivity contribution is 7.46. The molecule has 0 fully saturated rings. The monoisotopic (exact) mass is 662 g/mol. The lowest BCUT2D eigenvalue weighted by Gasteiger charge is -2.18. The Hall–Kier alpha value is -0.950. The van der Waals surface area contributed by atoms with Crippen LogP contribution in [0.2, 0.25) is 0 Å². The van der Waals surface area contributed by atoms with Gasteiger partial charge in [0.15, 0.2) is 6.10 Å². The molecule has 1 atom stereocenters. The van der Waals surface area contributed by atoms with E-state index in [4.69, 9.17) is 19.3 Å². The fourth-order valence-electron chi connectivity index (χ4n) is 5.55. The zero-order valence-electron chi connectivity index (χ0n) is 29.3. The number of rotatable bonds is 35. The smallest absolute Gasteiger partial charge is 0.462 e. The van der Waals surface area contributed by atoms with Crippen LogP contribution in [0.3, 0.4) is 0 Å². The molecule has 0 bridgehead atoms. The molecule has 0 aromatic rings. The van der Waals surface area contributed by atoms with E-state index in [1.807, 2.05) is 0 Å². The van der Waals surface area contributed by atoms with Crippen molar-refractivity contribution in [1.29, 1.82) is 0 Å². The van der Waals surface area contributed by atoms with Crippen LogP contribution < -0.4 is 0 Å². The van der Waals surface area contributed by atoms with Gasteiger partial charge in [0.05, 0.1) is 6.61 Å². The first kappa shape index (κ1) is 44.0. The van der Waals surface area contributed by atoms with E-state index in [0.29, 0.717) is 6.42 Å². The molecule has 0 aliphatic heterocycles. The Morgan fingerprint density at radius 1 is 0.489 bits per heavy atom. The molecule has 0 aliphatic rings. The second-order valence-electron chi connectivity index (χ2n) is 12.9. The highest BCUT2D eigenvalue weighted by Gasteiger charge is 2.22. The fraction of sp³-hybridized carbons (Fsp3) is 0.944. The number of phosphoric ester groups is 1. The summed E-state index contributed by atoms with van der Waals surface area (Å²) in [5.41, 5.74) is 0. The Bertz CT molecular complexity index is 711. The van der Waals surface area contributed by atoms with Crippen molar-refractivity contribution in [2.75, 3.05) is 13.2 Å². The van der Waals surface area contributed by atoms with Gasteiger partial charge in [0.2, 0.25) is 0 Å². The minimum atomic E-state index is -4.73. The van der Waals surface area contributed by atoms with E-state index in [-0.39, 0.29) is 19.4 Å². The SMILES string of the molecule is CCCCCCCCCCCCCCCCCCCCCCCCCC(=O)OC(COC(=O)CCCCCC)COP(=O)(O)O. The van der Waals surface area contributed by atoms with Gasteiger partial charge in [-0.1, -0.05) is 174 Å². The lowest BCUT2D eigenvalue weighted by atomic mass is 10.0. The van der Waals surface area contributed by atoms with Crippen LogP contribution in [-0.4, -0.2) is 41.0 Å². The van der Waals surface area contributed by atoms with E-state index in [0.717, 1.165) is 38.5 Å². The number of carbonyl (C=O) groups is 2. The van der Waals surface area contributed by atoms with Crippen LogP contribution in [0, 0.1) is 0 Å². The molecule has 0 spiro atoms. The van der Waals surface area contributed by atoms with Crippen molar-refractivity contribution in [2.45, 2.75) is 206 Å². The molecule has 0 saturated carbocycles. The van der Waals surface area contributed by atoms with Crippen LogP contribution in [0.4, 0.5) is 0 Å². The van der Waals surface area contributed by atoms with Crippen LogP contribution in [0.15, 0.2) is 0 Å². The van der Waals surface area contributed by atoms with Crippen molar-refractivity contribution in [3.8, 4) is 0 Å². The van der Waals surface area contributed by atoms with E-state index < -0.39 is 32.5 Å². The predicted molar refractivity (Wildman–Crippen MR) is 184 cm³/mol. The van der Waals surface area contributed by atoms with E-state index in [9.17, 15) is 14.2 Å². The summed E-state index contributed by atoms with van der Waals surface area (Å²) >= 11 is 0. The van der Waals surface area contributed by atoms with Crippen molar-refractivity contribution in [3.63, 3.8) is 0 Å². The van der Waals surface area contributed by atoms with Crippen molar-refractivity contribution >= 4 is 19.8 Å². The first-order valence-electron chi connectivity index (χ1n) is 18.8. The first-order chi connectivity index (χ1) is 21.8. The summed E-state index contributed by atoms with van der Waals surface area (Å²) in [6.07, 6.45) is 33.4. The van der Waals surface area contributed by atoms with Crippen molar-refractivity contribution in [3.05, 3.63) is 0 Å². The van der Waals surface area contributed by atoms with Gasteiger partial charge in [-0.25, -0.2) is 4.57 Å². The summed E-state index contributed by atoms with van der Waals surface area (Å²) in [5.74, 6) is -0.894. The van der Waals surface area contributed by atoms with Crippen LogP contribution in [0.5, 0.6) is 0 Å². The maximum atomic E-state index is 12.3. The molecule has 0 aromatic carbocycles. The minimum absolute atomic E-state index is 0.219. The lowest BCUT2D eigenvalue weighted by molar-refractivity contribution is -0.161. The number of hydrogen-bond acceptors (Lipinski definition) is 6. The summed E-state index contributed by atoms with van der Waals surface area (Å²) in [6.45, 7) is 3.55. The zero-order valence-corrected chi connectivity index (χ0v) is 30.2. The number of carbonyl (C=O) groups excluding carboxylic acids is 2. The summed E-state index contributed by atoms with van der Waals surface area (Å²) in [6, 6.07) is 0. The summed E-state index contributed by atoms with van der Waals surface area (Å²) in [7, 11) is -4.73. The molecule has 268 valence electrons. The third-order valence-electron chi connectivity index (χ3n) is 8.38. The molecule has 45 heavy (non-hydrogen) atoms. The van der Waals surface area contributed by atoms with Crippen molar-refractivity contribution < 1.29 is 37.9 Å². The number of unbranched alkanes of at least 4 members (excludes halogenated alkanes) is 25. The summed E-state index contributed by atoms with van der Waals surface area (Å²) < 4.78 is 26.0. The third kappa shape index (κ3) is 35.7. The lowest BCUT2D eigenvalue weighted by Crippen LogP contribution is -2.29. The first-order valence-corrected chi connectivity index (χ1v) is 20.4. The van der Waals surface area contributed by atoms with Crippen LogP contribution in [0.1, 0.15) is 200 Å². The van der Waals surface area contributed by atoms with Crippen LogP contribution >= 0.6 is 7.82 Å².